The van der Waals surface area contributed by atoms with Crippen LogP contribution in [0.15, 0.2) is 30.6 Å². The molecule has 178 valence electrons. The zero-order valence-corrected chi connectivity index (χ0v) is 18.1. The summed E-state index contributed by atoms with van der Waals surface area (Å²) in [6, 6.07) is 7.94. The lowest BCUT2D eigenvalue weighted by Gasteiger charge is -2.37. The molecule has 1 unspecified atom stereocenters. The molecule has 0 bridgehead atoms. The molecule has 0 aliphatic carbocycles. The van der Waals surface area contributed by atoms with Crippen LogP contribution in [0.3, 0.4) is 0 Å². The van der Waals surface area contributed by atoms with Crippen LogP contribution in [0, 0.1) is 6.92 Å². The first-order valence-corrected chi connectivity index (χ1v) is 10.2. The van der Waals surface area contributed by atoms with Crippen molar-refractivity contribution in [3.8, 4) is 0 Å². The Hall–Kier alpha value is -3.41. The highest BCUT2D eigenvalue weighted by molar-refractivity contribution is 6.06. The number of aromatic nitrogens is 2. The van der Waals surface area contributed by atoms with Gasteiger partial charge in [-0.2, -0.15) is 13.2 Å². The van der Waals surface area contributed by atoms with E-state index in [1.807, 2.05) is 11.8 Å². The average molecular weight is 467 g/mol. The first-order chi connectivity index (χ1) is 15.6. The monoisotopic (exact) mass is 467 g/mol. The van der Waals surface area contributed by atoms with E-state index in [1.54, 1.807) is 6.33 Å². The molecule has 2 N–H and O–H groups in total. The van der Waals surface area contributed by atoms with Gasteiger partial charge in [0, 0.05) is 13.1 Å². The molecule has 0 radical (unpaired) electrons. The van der Waals surface area contributed by atoms with Crippen molar-refractivity contribution in [1.82, 2.24) is 9.97 Å². The Morgan fingerprint density at radius 2 is 1.82 bits per heavy atom. The van der Waals surface area contributed by atoms with Crippen molar-refractivity contribution in [3.05, 3.63) is 41.7 Å². The number of fused-ring (bicyclic) bond motifs is 1. The van der Waals surface area contributed by atoms with Crippen LogP contribution >= 0.6 is 0 Å². The number of ether oxygens (including phenoxy) is 1. The smallest absolute Gasteiger partial charge is 0.475 e. The predicted octanol–water partition coefficient (Wildman–Crippen LogP) is 2.60. The summed E-state index contributed by atoms with van der Waals surface area (Å²) in [6.45, 7) is 7.26. The lowest BCUT2D eigenvalue weighted by Crippen LogP contribution is -2.47. The molecule has 1 aromatic carbocycles. The minimum Gasteiger partial charge on any atom is -0.475 e. The molecule has 2 aromatic rings. The van der Waals surface area contributed by atoms with Crippen molar-refractivity contribution in [2.45, 2.75) is 32.6 Å². The number of halogens is 3. The fourth-order valence-electron chi connectivity index (χ4n) is 3.37. The molecule has 4 rings (SSSR count). The fraction of sp³-hybridized carbons (Fsp3) is 0.429. The van der Waals surface area contributed by atoms with Crippen LogP contribution < -0.4 is 15.1 Å². The number of anilines is 3. The summed E-state index contributed by atoms with van der Waals surface area (Å²) in [6.07, 6.45) is -3.52. The number of carbonyl (C=O) groups is 2. The topological polar surface area (TPSA) is 108 Å². The highest BCUT2D eigenvalue weighted by Crippen LogP contribution is 2.38. The van der Waals surface area contributed by atoms with Crippen LogP contribution in [0.1, 0.15) is 18.1 Å². The Labute approximate surface area is 188 Å². The van der Waals surface area contributed by atoms with E-state index in [-0.39, 0.29) is 11.9 Å². The number of aliphatic carboxylic acids is 1. The molecular weight excluding hydrogens is 443 g/mol. The van der Waals surface area contributed by atoms with E-state index in [4.69, 9.17) is 14.6 Å². The molecular formula is C21H24F3N5O4. The van der Waals surface area contributed by atoms with Crippen LogP contribution in [-0.2, 0) is 20.9 Å². The quantitative estimate of drug-likeness (QED) is 0.710. The van der Waals surface area contributed by atoms with E-state index in [9.17, 15) is 18.0 Å². The highest BCUT2D eigenvalue weighted by Gasteiger charge is 2.38. The van der Waals surface area contributed by atoms with Gasteiger partial charge in [-0.15, -0.1) is 0 Å². The third-order valence-electron chi connectivity index (χ3n) is 5.08. The lowest BCUT2D eigenvalue weighted by atomic mass is 10.1. The number of carbonyl (C=O) groups excluding carboxylic acids is 1. The summed E-state index contributed by atoms with van der Waals surface area (Å²) in [4.78, 5) is 34.7. The van der Waals surface area contributed by atoms with Crippen LogP contribution in [0.25, 0.3) is 0 Å². The Morgan fingerprint density at radius 3 is 2.39 bits per heavy atom. The zero-order chi connectivity index (χ0) is 24.2. The largest absolute Gasteiger partial charge is 0.490 e. The molecule has 1 amide bonds. The number of alkyl halides is 3. The number of hydrogen-bond donors (Lipinski definition) is 2. The summed E-state index contributed by atoms with van der Waals surface area (Å²) in [5.41, 5.74) is 3.05. The summed E-state index contributed by atoms with van der Waals surface area (Å²) >= 11 is 0. The van der Waals surface area contributed by atoms with Gasteiger partial charge < -0.3 is 20.1 Å². The Kier molecular flexibility index (Phi) is 7.36. The van der Waals surface area contributed by atoms with Crippen LogP contribution in [0.5, 0.6) is 0 Å². The number of amides is 1. The number of rotatable bonds is 3. The van der Waals surface area contributed by atoms with Crippen LogP contribution in [0.4, 0.5) is 30.5 Å². The van der Waals surface area contributed by atoms with E-state index in [1.165, 1.54) is 5.56 Å². The Morgan fingerprint density at radius 1 is 1.21 bits per heavy atom. The van der Waals surface area contributed by atoms with Gasteiger partial charge >= 0.3 is 12.1 Å². The molecule has 9 nitrogen and oxygen atoms in total. The summed E-state index contributed by atoms with van der Waals surface area (Å²) in [5, 5.41) is 10.3. The number of hydrogen-bond acceptors (Lipinski definition) is 7. The number of nitrogens with one attached hydrogen (secondary N) is 1. The van der Waals surface area contributed by atoms with Crippen molar-refractivity contribution in [2.75, 3.05) is 41.4 Å². The molecule has 3 heterocycles. The predicted molar refractivity (Wildman–Crippen MR) is 114 cm³/mol. The first kappa shape index (κ1) is 24.2. The summed E-state index contributed by atoms with van der Waals surface area (Å²) in [7, 11) is 0. The second-order valence-electron chi connectivity index (χ2n) is 7.57. The maximum Gasteiger partial charge on any atom is 0.490 e. The summed E-state index contributed by atoms with van der Waals surface area (Å²) in [5.74, 6) is -1.23. The van der Waals surface area contributed by atoms with Gasteiger partial charge in [-0.1, -0.05) is 29.8 Å². The van der Waals surface area contributed by atoms with Gasteiger partial charge in [0.1, 0.15) is 18.1 Å². The molecule has 2 aliphatic heterocycles. The van der Waals surface area contributed by atoms with E-state index in [0.29, 0.717) is 25.6 Å². The standard InChI is InChI=1S/C19H23N5O2.C2HF3O2/c1-13-3-5-15(6-4-13)11-24-16-17(22-14(2)19(24)25)20-12-21-18(16)23-7-9-26-10-8-23;3-2(4,5)1(6)7/h3-6,12,14H,7-11H2,1-2H3,(H,20,21,22);(H,6,7). The van der Waals surface area contributed by atoms with Gasteiger partial charge in [0.2, 0.25) is 5.91 Å². The molecule has 2 aliphatic rings. The number of benzene rings is 1. The number of nitrogens with zero attached hydrogens (tertiary/aromatic N) is 4. The minimum absolute atomic E-state index is 0.0300. The fourth-order valence-corrected chi connectivity index (χ4v) is 3.37. The zero-order valence-electron chi connectivity index (χ0n) is 18.1. The number of carboxylic acid groups (broad SMARTS) is 1. The maximum absolute atomic E-state index is 13.0. The molecule has 1 aromatic heterocycles. The van der Waals surface area contributed by atoms with Gasteiger partial charge in [0.15, 0.2) is 11.6 Å². The van der Waals surface area contributed by atoms with E-state index in [0.717, 1.165) is 30.2 Å². The van der Waals surface area contributed by atoms with Gasteiger partial charge in [-0.25, -0.2) is 14.8 Å². The highest BCUT2D eigenvalue weighted by atomic mass is 19.4. The minimum atomic E-state index is -5.08. The third-order valence-corrected chi connectivity index (χ3v) is 5.08. The Balaban J connectivity index is 0.000000383. The van der Waals surface area contributed by atoms with E-state index >= 15 is 0 Å². The SMILES string of the molecule is Cc1ccc(CN2C(=O)C(C)Nc3ncnc(N4CCOCC4)c32)cc1.O=C(O)C(F)(F)F. The molecule has 12 heteroatoms. The van der Waals surface area contributed by atoms with Gasteiger partial charge in [0.25, 0.3) is 0 Å². The number of aryl methyl sites for hydroxylation is 1. The van der Waals surface area contributed by atoms with Gasteiger partial charge in [0.05, 0.1) is 19.8 Å². The molecule has 0 spiro atoms. The van der Waals surface area contributed by atoms with Crippen molar-refractivity contribution >= 4 is 29.2 Å². The average Bonchev–Trinajstić information content (AvgIpc) is 2.78. The summed E-state index contributed by atoms with van der Waals surface area (Å²) < 4.78 is 37.2. The van der Waals surface area contributed by atoms with Gasteiger partial charge in [-0.05, 0) is 19.4 Å². The van der Waals surface area contributed by atoms with Crippen molar-refractivity contribution in [1.29, 1.82) is 0 Å². The second-order valence-corrected chi connectivity index (χ2v) is 7.57. The van der Waals surface area contributed by atoms with Crippen molar-refractivity contribution < 1.29 is 32.6 Å². The maximum atomic E-state index is 13.0. The molecule has 33 heavy (non-hydrogen) atoms. The molecule has 1 saturated heterocycles. The number of carboxylic acids is 1. The van der Waals surface area contributed by atoms with Crippen LogP contribution in [-0.4, -0.2) is 65.5 Å². The third kappa shape index (κ3) is 5.89. The molecule has 1 fully saturated rings. The normalized spacial score (nSPS) is 18.1. The lowest BCUT2D eigenvalue weighted by molar-refractivity contribution is -0.192. The second kappa shape index (κ2) is 10.0. The Bertz CT molecular complexity index is 994. The number of morpholine rings is 1. The van der Waals surface area contributed by atoms with Gasteiger partial charge in [-0.3, -0.25) is 9.69 Å². The van der Waals surface area contributed by atoms with Crippen molar-refractivity contribution in [2.24, 2.45) is 0 Å². The molecule has 1 atom stereocenters. The van der Waals surface area contributed by atoms with Crippen molar-refractivity contribution in [3.63, 3.8) is 0 Å². The first-order valence-electron chi connectivity index (χ1n) is 10.2. The van der Waals surface area contributed by atoms with E-state index in [2.05, 4.69) is 51.4 Å². The van der Waals surface area contributed by atoms with Crippen LogP contribution in [0.2, 0.25) is 0 Å². The molecule has 0 saturated carbocycles. The van der Waals surface area contributed by atoms with E-state index < -0.39 is 12.1 Å².